The van der Waals surface area contributed by atoms with Crippen LogP contribution in [0.4, 0.5) is 11.4 Å². The highest BCUT2D eigenvalue weighted by molar-refractivity contribution is 6.34. The fraction of sp³-hybridized carbons (Fsp3) is 0.318. The highest BCUT2D eigenvalue weighted by Crippen LogP contribution is 2.46. The third kappa shape index (κ3) is 3.01. The van der Waals surface area contributed by atoms with Crippen molar-refractivity contribution in [2.45, 2.75) is 12.5 Å². The van der Waals surface area contributed by atoms with Crippen molar-refractivity contribution in [1.29, 1.82) is 0 Å². The van der Waals surface area contributed by atoms with E-state index in [4.69, 9.17) is 16.6 Å². The lowest BCUT2D eigenvalue weighted by atomic mass is 9.89. The number of hydrogen-bond donors (Lipinski definition) is 3. The first kappa shape index (κ1) is 18.9. The molecular formula is C22H22ClN5O2. The smallest absolute Gasteiger partial charge is 0.309 e. The molecule has 154 valence electrons. The van der Waals surface area contributed by atoms with Crippen LogP contribution in [0.3, 0.4) is 0 Å². The minimum absolute atomic E-state index is 0.0598. The predicted molar refractivity (Wildman–Crippen MR) is 118 cm³/mol. The lowest BCUT2D eigenvalue weighted by molar-refractivity contribution is -0.142. The normalized spacial score (nSPS) is 24.5. The number of halogens is 1. The Kier molecular flexibility index (Phi) is 4.43. The summed E-state index contributed by atoms with van der Waals surface area (Å²) in [4.78, 5) is 26.3. The molecule has 2 aromatic heterocycles. The van der Waals surface area contributed by atoms with E-state index >= 15 is 0 Å². The number of pyridine rings is 1. The van der Waals surface area contributed by atoms with Crippen LogP contribution in [0.25, 0.3) is 22.6 Å². The lowest BCUT2D eigenvalue weighted by Gasteiger charge is -2.27. The van der Waals surface area contributed by atoms with Gasteiger partial charge in [-0.1, -0.05) is 35.9 Å². The van der Waals surface area contributed by atoms with Crippen molar-refractivity contribution >= 4 is 40.1 Å². The number of nitrogens with one attached hydrogen (secondary N) is 2. The van der Waals surface area contributed by atoms with Gasteiger partial charge in [0.05, 0.1) is 22.8 Å². The largest absolute Gasteiger partial charge is 0.481 e. The second-order valence-electron chi connectivity index (χ2n) is 8.19. The number of aromatic amines is 1. The molecule has 0 aliphatic heterocycles. The Balaban J connectivity index is 1.55. The van der Waals surface area contributed by atoms with E-state index in [1.165, 1.54) is 0 Å². The van der Waals surface area contributed by atoms with Gasteiger partial charge in [-0.2, -0.15) is 0 Å². The highest BCUT2D eigenvalue weighted by Gasteiger charge is 2.48. The molecule has 2 heterocycles. The van der Waals surface area contributed by atoms with Gasteiger partial charge < -0.3 is 20.3 Å². The number of nitrogens with zero attached hydrogens (tertiary/aromatic N) is 3. The fourth-order valence-electron chi connectivity index (χ4n) is 4.66. The van der Waals surface area contributed by atoms with Gasteiger partial charge in [0.15, 0.2) is 5.65 Å². The van der Waals surface area contributed by atoms with Crippen LogP contribution in [0.2, 0.25) is 5.02 Å². The summed E-state index contributed by atoms with van der Waals surface area (Å²) in [5.41, 5.74) is 3.86. The predicted octanol–water partition coefficient (Wildman–Crippen LogP) is 4.03. The van der Waals surface area contributed by atoms with Gasteiger partial charge >= 0.3 is 5.97 Å². The molecule has 0 amide bonds. The summed E-state index contributed by atoms with van der Waals surface area (Å²) < 4.78 is 0. The molecule has 7 nitrogen and oxygen atoms in total. The van der Waals surface area contributed by atoms with Crippen molar-refractivity contribution < 1.29 is 9.90 Å². The molecule has 1 saturated carbocycles. The Morgan fingerprint density at radius 3 is 2.87 bits per heavy atom. The first-order valence-corrected chi connectivity index (χ1v) is 10.3. The minimum atomic E-state index is -0.783. The Hall–Kier alpha value is -3.06. The second kappa shape index (κ2) is 7.02. The molecule has 3 N–H and O–H groups in total. The van der Waals surface area contributed by atoms with Crippen molar-refractivity contribution in [3.8, 4) is 11.4 Å². The first-order chi connectivity index (χ1) is 14.4. The van der Waals surface area contributed by atoms with Gasteiger partial charge in [-0.3, -0.25) is 4.79 Å². The van der Waals surface area contributed by atoms with E-state index in [1.807, 2.05) is 49.3 Å². The zero-order chi connectivity index (χ0) is 21.0. The molecule has 0 radical (unpaired) electrons. The molecule has 30 heavy (non-hydrogen) atoms. The van der Waals surface area contributed by atoms with Crippen molar-refractivity contribution in [3.05, 3.63) is 47.6 Å². The molecule has 3 aromatic rings. The summed E-state index contributed by atoms with van der Waals surface area (Å²) in [6, 6.07) is 7.82. The summed E-state index contributed by atoms with van der Waals surface area (Å²) in [6.45, 7) is 0. The number of fused-ring (bicyclic) bond motifs is 3. The van der Waals surface area contributed by atoms with Crippen LogP contribution >= 0.6 is 11.6 Å². The number of anilines is 2. The molecule has 2 aliphatic rings. The number of carboxylic acids is 1. The third-order valence-electron chi connectivity index (χ3n) is 6.16. The number of rotatable bonds is 5. The zero-order valence-corrected chi connectivity index (χ0v) is 17.4. The van der Waals surface area contributed by atoms with Gasteiger partial charge in [-0.05, 0) is 30.4 Å². The van der Waals surface area contributed by atoms with Gasteiger partial charge in [-0.25, -0.2) is 9.97 Å². The van der Waals surface area contributed by atoms with Gasteiger partial charge in [0.25, 0.3) is 0 Å². The molecule has 0 saturated heterocycles. The molecular weight excluding hydrogens is 402 g/mol. The number of imidazole rings is 1. The number of H-pyrrole nitrogens is 1. The quantitative estimate of drug-likeness (QED) is 0.536. The average Bonchev–Trinajstić information content (AvgIpc) is 3.44. The number of hydrogen-bond acceptors (Lipinski definition) is 5. The van der Waals surface area contributed by atoms with Crippen LogP contribution in [-0.4, -0.2) is 46.2 Å². The van der Waals surface area contributed by atoms with E-state index in [0.717, 1.165) is 17.7 Å². The highest BCUT2D eigenvalue weighted by atomic mass is 35.5. The number of carbonyl (C=O) groups is 1. The Bertz CT molecular complexity index is 1170. The summed E-state index contributed by atoms with van der Waals surface area (Å²) in [5, 5.41) is 13.6. The molecule has 1 aromatic carbocycles. The number of aromatic nitrogens is 3. The van der Waals surface area contributed by atoms with Gasteiger partial charge in [0.2, 0.25) is 0 Å². The van der Waals surface area contributed by atoms with E-state index in [0.29, 0.717) is 27.7 Å². The number of carboxylic acid groups (broad SMARTS) is 1. The maximum absolute atomic E-state index is 11.9. The van der Waals surface area contributed by atoms with Crippen molar-refractivity contribution in [2.75, 3.05) is 24.3 Å². The molecule has 1 fully saturated rings. The van der Waals surface area contributed by atoms with Crippen molar-refractivity contribution in [1.82, 2.24) is 15.0 Å². The summed E-state index contributed by atoms with van der Waals surface area (Å²) in [5.74, 6) is -0.340. The van der Waals surface area contributed by atoms with Crippen LogP contribution < -0.4 is 10.2 Å². The zero-order valence-electron chi connectivity index (χ0n) is 16.6. The molecule has 0 spiro atoms. The van der Waals surface area contributed by atoms with Crippen LogP contribution in [-0.2, 0) is 4.79 Å². The van der Waals surface area contributed by atoms with E-state index in [1.54, 1.807) is 6.20 Å². The average molecular weight is 424 g/mol. The van der Waals surface area contributed by atoms with E-state index in [9.17, 15) is 9.90 Å². The van der Waals surface area contributed by atoms with E-state index in [-0.39, 0.29) is 17.9 Å². The maximum atomic E-state index is 11.9. The van der Waals surface area contributed by atoms with Gasteiger partial charge in [-0.15, -0.1) is 0 Å². The molecule has 8 heteroatoms. The summed E-state index contributed by atoms with van der Waals surface area (Å²) in [7, 11) is 3.98. The molecule has 2 bridgehead atoms. The van der Waals surface area contributed by atoms with Gasteiger partial charge in [0.1, 0.15) is 11.3 Å². The second-order valence-corrected chi connectivity index (χ2v) is 8.60. The van der Waals surface area contributed by atoms with Crippen LogP contribution in [0.15, 0.2) is 42.6 Å². The SMILES string of the molecule is CN(C)c1cccc(-c2nc3c(N[C@@H]4[C@H](C(=O)O)[C@H]5C=C[C@@H]4C5)c(Cl)cnc3[nH]2)c1. The standard InChI is InChI=1S/C22H22ClN5O2/c1-28(2)14-5-3-4-13(9-14)20-26-19-18(15(23)10-24-21(19)27-20)25-17-12-7-6-11(8-12)16(17)22(29)30/h3-7,9-12,16-17H,8H2,1-2H3,(H,29,30)(H2,24,25,26,27)/t11-,12+,16+,17-/m0/s1. The third-order valence-corrected chi connectivity index (χ3v) is 6.45. The van der Waals surface area contributed by atoms with E-state index < -0.39 is 11.9 Å². The molecule has 2 aliphatic carbocycles. The molecule has 5 rings (SSSR count). The number of benzene rings is 1. The Morgan fingerprint density at radius 2 is 2.10 bits per heavy atom. The van der Waals surface area contributed by atoms with E-state index in [2.05, 4.69) is 21.4 Å². The lowest BCUT2D eigenvalue weighted by Crippen LogP contribution is -2.37. The molecule has 4 atom stereocenters. The number of aliphatic carboxylic acids is 1. The topological polar surface area (TPSA) is 94.1 Å². The van der Waals surface area contributed by atoms with Crippen LogP contribution in [0, 0.1) is 17.8 Å². The number of allylic oxidation sites excluding steroid dienone is 1. The monoisotopic (exact) mass is 423 g/mol. The fourth-order valence-corrected chi connectivity index (χ4v) is 4.85. The van der Waals surface area contributed by atoms with Gasteiger partial charge in [0, 0.05) is 31.4 Å². The van der Waals surface area contributed by atoms with Crippen molar-refractivity contribution in [3.63, 3.8) is 0 Å². The summed E-state index contributed by atoms with van der Waals surface area (Å²) in [6.07, 6.45) is 6.55. The maximum Gasteiger partial charge on any atom is 0.309 e. The Labute approximate surface area is 178 Å². The van der Waals surface area contributed by atoms with Crippen LogP contribution in [0.5, 0.6) is 0 Å². The van der Waals surface area contributed by atoms with Crippen molar-refractivity contribution in [2.24, 2.45) is 17.8 Å². The summed E-state index contributed by atoms with van der Waals surface area (Å²) >= 11 is 6.48. The Morgan fingerprint density at radius 1 is 1.30 bits per heavy atom. The first-order valence-electron chi connectivity index (χ1n) is 9.92. The minimum Gasteiger partial charge on any atom is -0.481 e. The molecule has 0 unspecified atom stereocenters. The van der Waals surface area contributed by atoms with Crippen LogP contribution in [0.1, 0.15) is 6.42 Å².